The maximum absolute atomic E-state index is 5.93. The number of nitrogens with one attached hydrogen (secondary N) is 2. The van der Waals surface area contributed by atoms with Crippen LogP contribution in [-0.2, 0) is 11.2 Å². The van der Waals surface area contributed by atoms with Crippen LogP contribution in [0.25, 0.3) is 0 Å². The second kappa shape index (κ2) is 12.5. The number of rotatable bonds is 8. The van der Waals surface area contributed by atoms with Crippen molar-refractivity contribution in [3.63, 3.8) is 0 Å². The predicted octanol–water partition coefficient (Wildman–Crippen LogP) is 3.14. The molecule has 1 aliphatic heterocycles. The van der Waals surface area contributed by atoms with Crippen molar-refractivity contribution >= 4 is 41.3 Å². The number of ether oxygens (including phenoxy) is 1. The highest BCUT2D eigenvalue weighted by atomic mass is 127. The molecule has 2 N–H and O–H groups in total. The summed E-state index contributed by atoms with van der Waals surface area (Å²) in [5.74, 6) is 2.73. The van der Waals surface area contributed by atoms with E-state index in [1.54, 1.807) is 11.3 Å². The average molecular weight is 533 g/mol. The van der Waals surface area contributed by atoms with Crippen molar-refractivity contribution in [3.8, 4) is 0 Å². The van der Waals surface area contributed by atoms with Crippen LogP contribution in [0.5, 0.6) is 0 Å². The number of nitrogens with zero attached hydrogens (tertiary/aromatic N) is 3. The second-order valence-electron chi connectivity index (χ2n) is 6.87. The van der Waals surface area contributed by atoms with Crippen LogP contribution in [0.4, 0.5) is 0 Å². The molecule has 0 bridgehead atoms. The van der Waals surface area contributed by atoms with E-state index in [1.807, 2.05) is 19.2 Å². The molecule has 0 aliphatic carbocycles. The van der Waals surface area contributed by atoms with E-state index in [0.717, 1.165) is 68.3 Å². The number of hydrogen-bond acceptors (Lipinski definition) is 6. The Hall–Kier alpha value is -1.17. The maximum Gasteiger partial charge on any atom is 0.191 e. The third-order valence-electron chi connectivity index (χ3n) is 4.64. The molecule has 7 nitrogen and oxygen atoms in total. The molecule has 0 amide bonds. The zero-order chi connectivity index (χ0) is 19.8. The zero-order valence-electron chi connectivity index (χ0n) is 17.4. The van der Waals surface area contributed by atoms with Crippen LogP contribution in [0.15, 0.2) is 27.7 Å². The molecule has 1 fully saturated rings. The molecule has 0 spiro atoms. The van der Waals surface area contributed by atoms with E-state index >= 15 is 0 Å². The van der Waals surface area contributed by atoms with Gasteiger partial charge >= 0.3 is 0 Å². The van der Waals surface area contributed by atoms with Crippen LogP contribution in [-0.4, -0.2) is 61.8 Å². The van der Waals surface area contributed by atoms with Gasteiger partial charge < -0.3 is 19.8 Å². The van der Waals surface area contributed by atoms with Gasteiger partial charge in [0.05, 0.1) is 30.8 Å². The summed E-state index contributed by atoms with van der Waals surface area (Å²) in [7, 11) is 0. The molecule has 1 unspecified atom stereocenters. The Labute approximate surface area is 194 Å². The van der Waals surface area contributed by atoms with Crippen LogP contribution in [0.1, 0.15) is 34.4 Å². The standard InChI is InChI=1S/C20H31N5O2S.HI/c1-4-21-20(22-8-7-19-23-13-16(3)28-19)24-14-17(18-6-5-15(2)27-18)25-9-11-26-12-10-25;/h5-6,13,17H,4,7-12,14H2,1-3H3,(H2,21,22,24);1H. The van der Waals surface area contributed by atoms with Gasteiger partial charge in [-0.05, 0) is 32.9 Å². The number of furan rings is 1. The second-order valence-corrected chi connectivity index (χ2v) is 8.19. The minimum Gasteiger partial charge on any atom is -0.465 e. The van der Waals surface area contributed by atoms with Crippen LogP contribution in [0.2, 0.25) is 0 Å². The van der Waals surface area contributed by atoms with Crippen molar-refractivity contribution in [2.45, 2.75) is 33.2 Å². The first-order valence-corrected chi connectivity index (χ1v) is 10.8. The molecule has 3 heterocycles. The molecule has 2 aromatic heterocycles. The Morgan fingerprint density at radius 1 is 1.28 bits per heavy atom. The molecule has 1 atom stereocenters. The topological polar surface area (TPSA) is 74.9 Å². The molecule has 162 valence electrons. The lowest BCUT2D eigenvalue weighted by molar-refractivity contribution is 0.0135. The van der Waals surface area contributed by atoms with Gasteiger partial charge in [0.2, 0.25) is 0 Å². The van der Waals surface area contributed by atoms with E-state index in [1.165, 1.54) is 4.88 Å². The fourth-order valence-corrected chi connectivity index (χ4v) is 4.02. The molecule has 2 aromatic rings. The van der Waals surface area contributed by atoms with Gasteiger partial charge in [0.1, 0.15) is 11.5 Å². The summed E-state index contributed by atoms with van der Waals surface area (Å²) in [4.78, 5) is 12.9. The van der Waals surface area contributed by atoms with Gasteiger partial charge in [-0.1, -0.05) is 0 Å². The first kappa shape index (κ1) is 24.1. The molecule has 3 rings (SSSR count). The van der Waals surface area contributed by atoms with E-state index < -0.39 is 0 Å². The van der Waals surface area contributed by atoms with Crippen molar-refractivity contribution in [1.29, 1.82) is 0 Å². The summed E-state index contributed by atoms with van der Waals surface area (Å²) in [6.45, 7) is 11.7. The molecule has 1 saturated heterocycles. The molecule has 29 heavy (non-hydrogen) atoms. The zero-order valence-corrected chi connectivity index (χ0v) is 20.6. The molecular weight excluding hydrogens is 501 g/mol. The van der Waals surface area contributed by atoms with Gasteiger partial charge in [0, 0.05) is 43.7 Å². The molecular formula is C20H32IN5O2S. The SMILES string of the molecule is CCNC(=NCC(c1ccc(C)o1)N1CCOCC1)NCCc1ncc(C)s1.I. The van der Waals surface area contributed by atoms with Gasteiger partial charge in [-0.25, -0.2) is 4.98 Å². The summed E-state index contributed by atoms with van der Waals surface area (Å²) >= 11 is 1.75. The number of aryl methyl sites for hydroxylation is 2. The molecule has 0 saturated carbocycles. The van der Waals surface area contributed by atoms with Crippen molar-refractivity contribution in [1.82, 2.24) is 20.5 Å². The van der Waals surface area contributed by atoms with Gasteiger partial charge in [-0.15, -0.1) is 35.3 Å². The fraction of sp³-hybridized carbons (Fsp3) is 0.600. The highest BCUT2D eigenvalue weighted by Gasteiger charge is 2.25. The molecule has 0 radical (unpaired) electrons. The van der Waals surface area contributed by atoms with Crippen LogP contribution in [0, 0.1) is 13.8 Å². The van der Waals surface area contributed by atoms with Crippen LogP contribution >= 0.6 is 35.3 Å². The lowest BCUT2D eigenvalue weighted by Crippen LogP contribution is -2.42. The van der Waals surface area contributed by atoms with E-state index in [9.17, 15) is 0 Å². The molecule has 0 aromatic carbocycles. The fourth-order valence-electron chi connectivity index (χ4n) is 3.23. The number of guanidine groups is 1. The highest BCUT2D eigenvalue weighted by Crippen LogP contribution is 2.24. The first-order chi connectivity index (χ1) is 13.7. The van der Waals surface area contributed by atoms with E-state index in [-0.39, 0.29) is 30.0 Å². The lowest BCUT2D eigenvalue weighted by Gasteiger charge is -2.32. The number of halogens is 1. The Balaban J connectivity index is 0.00000300. The Bertz CT molecular complexity index is 758. The summed E-state index contributed by atoms with van der Waals surface area (Å²) < 4.78 is 11.4. The van der Waals surface area contributed by atoms with Gasteiger partial charge in [-0.3, -0.25) is 9.89 Å². The van der Waals surface area contributed by atoms with Gasteiger partial charge in [0.25, 0.3) is 0 Å². The maximum atomic E-state index is 5.93. The molecule has 9 heteroatoms. The summed E-state index contributed by atoms with van der Waals surface area (Å²) in [5, 5.41) is 7.91. The Kier molecular flexibility index (Phi) is 10.4. The normalized spacial score (nSPS) is 16.3. The smallest absolute Gasteiger partial charge is 0.191 e. The number of thiazole rings is 1. The quantitative estimate of drug-likeness (QED) is 0.309. The minimum absolute atomic E-state index is 0. The van der Waals surface area contributed by atoms with E-state index in [4.69, 9.17) is 14.1 Å². The minimum atomic E-state index is 0. The van der Waals surface area contributed by atoms with Crippen LogP contribution < -0.4 is 10.6 Å². The number of aromatic nitrogens is 1. The first-order valence-electron chi connectivity index (χ1n) is 9.97. The highest BCUT2D eigenvalue weighted by molar-refractivity contribution is 14.0. The van der Waals surface area contributed by atoms with Crippen molar-refractivity contribution < 1.29 is 9.15 Å². The average Bonchev–Trinajstić information content (AvgIpc) is 3.31. The number of morpholine rings is 1. The largest absolute Gasteiger partial charge is 0.465 e. The third kappa shape index (κ3) is 7.54. The lowest BCUT2D eigenvalue weighted by atomic mass is 10.1. The van der Waals surface area contributed by atoms with Crippen LogP contribution in [0.3, 0.4) is 0 Å². The summed E-state index contributed by atoms with van der Waals surface area (Å²) in [6, 6.07) is 4.21. The van der Waals surface area contributed by atoms with E-state index in [2.05, 4.69) is 40.4 Å². The number of hydrogen-bond donors (Lipinski definition) is 2. The van der Waals surface area contributed by atoms with Crippen molar-refractivity contribution in [2.24, 2.45) is 4.99 Å². The van der Waals surface area contributed by atoms with Crippen molar-refractivity contribution in [2.75, 3.05) is 45.9 Å². The van der Waals surface area contributed by atoms with Crippen molar-refractivity contribution in [3.05, 3.63) is 39.7 Å². The third-order valence-corrected chi connectivity index (χ3v) is 5.62. The predicted molar refractivity (Wildman–Crippen MR) is 129 cm³/mol. The number of aliphatic imine (C=N–C) groups is 1. The Morgan fingerprint density at radius 2 is 2.07 bits per heavy atom. The van der Waals surface area contributed by atoms with Gasteiger partial charge in [-0.2, -0.15) is 0 Å². The Morgan fingerprint density at radius 3 is 2.69 bits per heavy atom. The van der Waals surface area contributed by atoms with Gasteiger partial charge in [0.15, 0.2) is 5.96 Å². The summed E-state index contributed by atoms with van der Waals surface area (Å²) in [6.07, 6.45) is 2.82. The van der Waals surface area contributed by atoms with E-state index in [0.29, 0.717) is 6.54 Å². The molecule has 1 aliphatic rings. The monoisotopic (exact) mass is 533 g/mol. The summed E-state index contributed by atoms with van der Waals surface area (Å²) in [5.41, 5.74) is 0.